The SMILES string of the molecule is c1ccc(N(c2ccccc2)c2cc(-c3ccc(-c4ccc5sc6ccccc6c5c4)cc3)cc(N(c3ccccc3)c3ccccc3)c2)cc1. The van der Waals surface area contributed by atoms with Gasteiger partial charge in [-0.1, -0.05) is 121 Å². The van der Waals surface area contributed by atoms with E-state index in [0.717, 1.165) is 45.3 Å². The van der Waals surface area contributed by atoms with Crippen molar-refractivity contribution < 1.29 is 0 Å². The van der Waals surface area contributed by atoms with E-state index < -0.39 is 0 Å². The van der Waals surface area contributed by atoms with E-state index in [1.165, 1.54) is 31.3 Å². The van der Waals surface area contributed by atoms with Crippen molar-refractivity contribution in [2.75, 3.05) is 9.80 Å². The Balaban J connectivity index is 1.20. The summed E-state index contributed by atoms with van der Waals surface area (Å²) in [5.41, 5.74) is 11.3. The second kappa shape index (κ2) is 13.5. The summed E-state index contributed by atoms with van der Waals surface area (Å²) < 4.78 is 2.65. The van der Waals surface area contributed by atoms with Crippen molar-refractivity contribution >= 4 is 65.6 Å². The van der Waals surface area contributed by atoms with Crippen LogP contribution in [0.4, 0.5) is 34.1 Å². The fourth-order valence-corrected chi connectivity index (χ4v) is 8.07. The van der Waals surface area contributed by atoms with Crippen LogP contribution in [0, 0.1) is 0 Å². The van der Waals surface area contributed by atoms with Gasteiger partial charge in [0.25, 0.3) is 0 Å². The van der Waals surface area contributed by atoms with Gasteiger partial charge in [0.15, 0.2) is 0 Å². The second-order valence-electron chi connectivity index (χ2n) is 12.6. The standard InChI is InChI=1S/C48H34N2S/c1-5-15-39(16-6-1)49(40-17-7-2-8-18-40)43-31-38(32-44(34-43)50(41-19-9-3-10-20-41)42-21-11-4-12-22-42)36-27-25-35(26-28-36)37-29-30-48-46(33-37)45-23-13-14-24-47(45)51-48/h1-34H. The average molecular weight is 671 g/mol. The third-order valence-electron chi connectivity index (χ3n) is 9.40. The zero-order valence-electron chi connectivity index (χ0n) is 27.9. The van der Waals surface area contributed by atoms with Gasteiger partial charge in [0.05, 0.1) is 0 Å². The lowest BCUT2D eigenvalue weighted by atomic mass is 9.98. The molecule has 0 N–H and O–H groups in total. The van der Waals surface area contributed by atoms with Crippen LogP contribution in [-0.2, 0) is 0 Å². The Bertz CT molecular complexity index is 2380. The molecule has 0 saturated carbocycles. The fourth-order valence-electron chi connectivity index (χ4n) is 6.98. The molecule has 0 aliphatic carbocycles. The van der Waals surface area contributed by atoms with Crippen LogP contribution in [0.25, 0.3) is 42.4 Å². The van der Waals surface area contributed by atoms with Gasteiger partial charge < -0.3 is 9.80 Å². The van der Waals surface area contributed by atoms with Crippen molar-refractivity contribution in [3.63, 3.8) is 0 Å². The highest BCUT2D eigenvalue weighted by atomic mass is 32.1. The number of hydrogen-bond donors (Lipinski definition) is 0. The number of rotatable bonds is 8. The smallest absolute Gasteiger partial charge is 0.0488 e. The van der Waals surface area contributed by atoms with Crippen molar-refractivity contribution in [1.82, 2.24) is 0 Å². The van der Waals surface area contributed by atoms with Crippen LogP contribution in [0.1, 0.15) is 0 Å². The summed E-state index contributed by atoms with van der Waals surface area (Å²) in [5, 5.41) is 2.64. The Morgan fingerprint density at radius 3 is 1.14 bits per heavy atom. The first kappa shape index (κ1) is 30.6. The maximum atomic E-state index is 2.34. The zero-order valence-corrected chi connectivity index (χ0v) is 28.7. The zero-order chi connectivity index (χ0) is 34.0. The van der Waals surface area contributed by atoms with E-state index >= 15 is 0 Å². The first-order valence-electron chi connectivity index (χ1n) is 17.3. The quantitative estimate of drug-likeness (QED) is 0.159. The largest absolute Gasteiger partial charge is 0.310 e. The van der Waals surface area contributed by atoms with E-state index in [9.17, 15) is 0 Å². The normalized spacial score (nSPS) is 11.1. The molecule has 1 heterocycles. The molecule has 8 aromatic carbocycles. The summed E-state index contributed by atoms with van der Waals surface area (Å²) in [4.78, 5) is 4.69. The summed E-state index contributed by atoms with van der Waals surface area (Å²) >= 11 is 1.86. The Morgan fingerprint density at radius 2 is 0.647 bits per heavy atom. The summed E-state index contributed by atoms with van der Waals surface area (Å²) in [7, 11) is 0. The molecule has 0 aliphatic rings. The molecule has 51 heavy (non-hydrogen) atoms. The van der Waals surface area contributed by atoms with Gasteiger partial charge in [-0.3, -0.25) is 0 Å². The highest BCUT2D eigenvalue weighted by Crippen LogP contribution is 2.43. The molecule has 0 spiro atoms. The number of hydrogen-bond acceptors (Lipinski definition) is 3. The molecule has 0 bridgehead atoms. The number of benzene rings is 8. The molecule has 9 aromatic rings. The monoisotopic (exact) mass is 670 g/mol. The molecule has 9 rings (SSSR count). The predicted octanol–water partition coefficient (Wildman–Crippen LogP) is 14.3. The van der Waals surface area contributed by atoms with Crippen molar-refractivity contribution in [2.45, 2.75) is 0 Å². The minimum Gasteiger partial charge on any atom is -0.310 e. The molecule has 0 amide bonds. The van der Waals surface area contributed by atoms with Crippen LogP contribution < -0.4 is 9.80 Å². The lowest BCUT2D eigenvalue weighted by Crippen LogP contribution is -2.13. The molecular weight excluding hydrogens is 637 g/mol. The summed E-state index contributed by atoms with van der Waals surface area (Å²) in [5.74, 6) is 0. The number of thiophene rings is 1. The van der Waals surface area contributed by atoms with Gasteiger partial charge in [-0.2, -0.15) is 0 Å². The molecule has 0 radical (unpaired) electrons. The van der Waals surface area contributed by atoms with Crippen LogP contribution >= 0.6 is 11.3 Å². The molecule has 0 aliphatic heterocycles. The Morgan fingerprint density at radius 1 is 0.255 bits per heavy atom. The van der Waals surface area contributed by atoms with E-state index in [0.29, 0.717) is 0 Å². The fraction of sp³-hybridized carbons (Fsp3) is 0. The van der Waals surface area contributed by atoms with Crippen molar-refractivity contribution in [1.29, 1.82) is 0 Å². The topological polar surface area (TPSA) is 6.48 Å². The molecule has 0 atom stereocenters. The first-order valence-corrected chi connectivity index (χ1v) is 18.1. The van der Waals surface area contributed by atoms with Gasteiger partial charge in [-0.15, -0.1) is 11.3 Å². The minimum atomic E-state index is 1.08. The summed E-state index contributed by atoms with van der Waals surface area (Å²) in [6, 6.07) is 74.0. The van der Waals surface area contributed by atoms with Crippen molar-refractivity contribution in [2.24, 2.45) is 0 Å². The molecule has 0 saturated heterocycles. The van der Waals surface area contributed by atoms with Crippen molar-refractivity contribution in [3.05, 3.63) is 206 Å². The highest BCUT2D eigenvalue weighted by Gasteiger charge is 2.19. The summed E-state index contributed by atoms with van der Waals surface area (Å²) in [6.45, 7) is 0. The van der Waals surface area contributed by atoms with Crippen LogP contribution in [0.2, 0.25) is 0 Å². The number of nitrogens with zero attached hydrogens (tertiary/aromatic N) is 2. The van der Waals surface area contributed by atoms with Gasteiger partial charge >= 0.3 is 0 Å². The molecular formula is C48H34N2S. The second-order valence-corrected chi connectivity index (χ2v) is 13.7. The third kappa shape index (κ3) is 6.05. The minimum absolute atomic E-state index is 1.08. The van der Waals surface area contributed by atoms with E-state index in [-0.39, 0.29) is 0 Å². The van der Waals surface area contributed by atoms with E-state index in [1.807, 2.05) is 11.3 Å². The van der Waals surface area contributed by atoms with Crippen LogP contribution in [0.15, 0.2) is 206 Å². The molecule has 242 valence electrons. The van der Waals surface area contributed by atoms with E-state index in [1.54, 1.807) is 0 Å². The molecule has 0 fully saturated rings. The van der Waals surface area contributed by atoms with Crippen LogP contribution in [-0.4, -0.2) is 0 Å². The van der Waals surface area contributed by atoms with Gasteiger partial charge in [-0.05, 0) is 107 Å². The number of anilines is 6. The molecule has 1 aromatic heterocycles. The van der Waals surface area contributed by atoms with E-state index in [4.69, 9.17) is 0 Å². The van der Waals surface area contributed by atoms with Gasteiger partial charge in [0.2, 0.25) is 0 Å². The Labute approximate surface area is 302 Å². The lowest BCUT2D eigenvalue weighted by molar-refractivity contribution is 1.25. The summed E-state index contributed by atoms with van der Waals surface area (Å²) in [6.07, 6.45) is 0. The van der Waals surface area contributed by atoms with Gasteiger partial charge in [0.1, 0.15) is 0 Å². The lowest BCUT2D eigenvalue weighted by Gasteiger charge is -2.30. The van der Waals surface area contributed by atoms with E-state index in [2.05, 4.69) is 216 Å². The number of fused-ring (bicyclic) bond motifs is 3. The average Bonchev–Trinajstić information content (AvgIpc) is 3.58. The molecule has 2 nitrogen and oxygen atoms in total. The highest BCUT2D eigenvalue weighted by molar-refractivity contribution is 7.25. The van der Waals surface area contributed by atoms with Crippen LogP contribution in [0.5, 0.6) is 0 Å². The first-order chi connectivity index (χ1) is 25.3. The van der Waals surface area contributed by atoms with Crippen molar-refractivity contribution in [3.8, 4) is 22.3 Å². The molecule has 0 unspecified atom stereocenters. The van der Waals surface area contributed by atoms with Gasteiger partial charge in [0, 0.05) is 54.3 Å². The third-order valence-corrected chi connectivity index (χ3v) is 10.6. The molecule has 3 heteroatoms. The van der Waals surface area contributed by atoms with Gasteiger partial charge in [-0.25, -0.2) is 0 Å². The maximum Gasteiger partial charge on any atom is 0.0488 e. The predicted molar refractivity (Wildman–Crippen MR) is 220 cm³/mol. The number of para-hydroxylation sites is 4. The Hall–Kier alpha value is -6.42. The Kier molecular flexibility index (Phi) is 8.09. The maximum absolute atomic E-state index is 2.34. The van der Waals surface area contributed by atoms with Crippen LogP contribution in [0.3, 0.4) is 0 Å².